The van der Waals surface area contributed by atoms with E-state index in [9.17, 15) is 0 Å². The highest BCUT2D eigenvalue weighted by Crippen LogP contribution is 2.34. The van der Waals surface area contributed by atoms with E-state index in [1.54, 1.807) is 19.5 Å². The van der Waals surface area contributed by atoms with Crippen LogP contribution in [0.25, 0.3) is 10.9 Å². The molecule has 0 aliphatic rings. The molecule has 140 valence electrons. The molecular formula is C23H20ClN3O. The van der Waals surface area contributed by atoms with Crippen LogP contribution in [0.2, 0.25) is 5.02 Å². The van der Waals surface area contributed by atoms with Gasteiger partial charge in [-0.3, -0.25) is 4.98 Å². The van der Waals surface area contributed by atoms with Gasteiger partial charge in [0, 0.05) is 34.2 Å². The van der Waals surface area contributed by atoms with Crippen molar-refractivity contribution < 1.29 is 4.74 Å². The first-order chi connectivity index (χ1) is 13.7. The molecule has 0 aliphatic carbocycles. The maximum Gasteiger partial charge on any atom is 0.145 e. The first-order valence-electron chi connectivity index (χ1n) is 9.02. The Morgan fingerprint density at radius 1 is 0.964 bits per heavy atom. The smallest absolute Gasteiger partial charge is 0.145 e. The van der Waals surface area contributed by atoms with Gasteiger partial charge in [-0.15, -0.1) is 0 Å². The van der Waals surface area contributed by atoms with Gasteiger partial charge in [-0.05, 0) is 54.4 Å². The molecular weight excluding hydrogens is 370 g/mol. The van der Waals surface area contributed by atoms with Crippen molar-refractivity contribution in [3.05, 3.63) is 94.9 Å². The Hall–Kier alpha value is -3.11. The molecule has 28 heavy (non-hydrogen) atoms. The molecule has 0 fully saturated rings. The molecule has 0 aliphatic heterocycles. The number of halogens is 1. The molecule has 1 atom stereocenters. The molecule has 4 aromatic rings. The van der Waals surface area contributed by atoms with E-state index in [0.717, 1.165) is 39.2 Å². The Morgan fingerprint density at radius 3 is 2.39 bits per heavy atom. The first-order valence-corrected chi connectivity index (χ1v) is 9.40. The molecule has 0 radical (unpaired) electrons. The summed E-state index contributed by atoms with van der Waals surface area (Å²) in [6.07, 6.45) is 3.61. The predicted molar refractivity (Wildman–Crippen MR) is 114 cm³/mol. The maximum atomic E-state index is 6.10. The molecule has 2 heterocycles. The molecule has 0 bridgehead atoms. The number of aromatic nitrogens is 2. The molecule has 2 aromatic heterocycles. The van der Waals surface area contributed by atoms with E-state index in [1.807, 2.05) is 55.5 Å². The minimum absolute atomic E-state index is 0.0588. The fourth-order valence-corrected chi connectivity index (χ4v) is 3.49. The number of rotatable bonds is 5. The van der Waals surface area contributed by atoms with E-state index >= 15 is 0 Å². The van der Waals surface area contributed by atoms with E-state index in [-0.39, 0.29) is 6.04 Å². The molecule has 0 amide bonds. The van der Waals surface area contributed by atoms with Gasteiger partial charge in [-0.1, -0.05) is 35.9 Å². The minimum atomic E-state index is -0.0588. The van der Waals surface area contributed by atoms with Gasteiger partial charge in [0.2, 0.25) is 0 Å². The lowest BCUT2D eigenvalue weighted by Gasteiger charge is -2.22. The zero-order valence-electron chi connectivity index (χ0n) is 15.7. The summed E-state index contributed by atoms with van der Waals surface area (Å²) in [5.74, 6) is 0.760. The maximum absolute atomic E-state index is 6.10. The van der Waals surface area contributed by atoms with E-state index in [4.69, 9.17) is 16.3 Å². The number of hydrogen-bond acceptors (Lipinski definition) is 4. The molecule has 0 saturated heterocycles. The average molecular weight is 390 g/mol. The third-order valence-corrected chi connectivity index (χ3v) is 4.95. The van der Waals surface area contributed by atoms with Crippen molar-refractivity contribution in [2.24, 2.45) is 0 Å². The average Bonchev–Trinajstić information content (AvgIpc) is 2.73. The standard InChI is InChI=1S/C23H20ClN3O/c1-15-14-20(19-4-3-5-21(28-2)23(19)26-15)27-22(17-10-12-25-13-11-17)16-6-8-18(24)9-7-16/h3-14,22H,1-2H3,(H,26,27). The highest BCUT2D eigenvalue weighted by Gasteiger charge is 2.17. The molecule has 4 nitrogen and oxygen atoms in total. The monoisotopic (exact) mass is 389 g/mol. The quantitative estimate of drug-likeness (QED) is 0.468. The fraction of sp³-hybridized carbons (Fsp3) is 0.130. The number of nitrogens with zero attached hydrogens (tertiary/aromatic N) is 2. The van der Waals surface area contributed by atoms with Gasteiger partial charge in [0.05, 0.1) is 13.2 Å². The topological polar surface area (TPSA) is 47.0 Å². The van der Waals surface area contributed by atoms with E-state index < -0.39 is 0 Å². The van der Waals surface area contributed by atoms with Crippen molar-refractivity contribution in [1.82, 2.24) is 9.97 Å². The molecule has 0 spiro atoms. The lowest BCUT2D eigenvalue weighted by molar-refractivity contribution is 0.419. The van der Waals surface area contributed by atoms with Crippen LogP contribution in [0.15, 0.2) is 73.1 Å². The SMILES string of the molecule is COc1cccc2c(NC(c3ccncc3)c3ccc(Cl)cc3)cc(C)nc12. The zero-order chi connectivity index (χ0) is 19.5. The van der Waals surface area contributed by atoms with Gasteiger partial charge in [0.25, 0.3) is 0 Å². The van der Waals surface area contributed by atoms with Crippen LogP contribution < -0.4 is 10.1 Å². The predicted octanol–water partition coefficient (Wildman–Crippen LogP) is 5.80. The summed E-state index contributed by atoms with van der Waals surface area (Å²) in [5.41, 5.74) is 4.99. The molecule has 1 N–H and O–H groups in total. The third kappa shape index (κ3) is 3.64. The molecule has 5 heteroatoms. The van der Waals surface area contributed by atoms with Crippen molar-refractivity contribution in [3.63, 3.8) is 0 Å². The Balaban J connectivity index is 1.84. The number of fused-ring (bicyclic) bond motifs is 1. The minimum Gasteiger partial charge on any atom is -0.494 e. The Labute approximate surface area is 169 Å². The second kappa shape index (κ2) is 7.87. The fourth-order valence-electron chi connectivity index (χ4n) is 3.36. The zero-order valence-corrected chi connectivity index (χ0v) is 16.4. The van der Waals surface area contributed by atoms with Crippen molar-refractivity contribution >= 4 is 28.2 Å². The van der Waals surface area contributed by atoms with Crippen LogP contribution >= 0.6 is 11.6 Å². The van der Waals surface area contributed by atoms with Crippen molar-refractivity contribution in [2.75, 3.05) is 12.4 Å². The van der Waals surface area contributed by atoms with Crippen molar-refractivity contribution in [1.29, 1.82) is 0 Å². The van der Waals surface area contributed by atoms with Crippen molar-refractivity contribution in [3.8, 4) is 5.75 Å². The summed E-state index contributed by atoms with van der Waals surface area (Å²) in [6, 6.07) is 19.9. The number of hydrogen-bond donors (Lipinski definition) is 1. The Morgan fingerprint density at radius 2 is 1.68 bits per heavy atom. The summed E-state index contributed by atoms with van der Waals surface area (Å²) in [7, 11) is 1.67. The summed E-state index contributed by atoms with van der Waals surface area (Å²) < 4.78 is 5.51. The van der Waals surface area contributed by atoms with Crippen molar-refractivity contribution in [2.45, 2.75) is 13.0 Å². The summed E-state index contributed by atoms with van der Waals surface area (Å²) in [4.78, 5) is 8.83. The second-order valence-corrected chi connectivity index (χ2v) is 7.01. The normalized spacial score (nSPS) is 12.0. The number of aryl methyl sites for hydroxylation is 1. The number of benzene rings is 2. The molecule has 1 unspecified atom stereocenters. The van der Waals surface area contributed by atoms with Crippen LogP contribution in [-0.4, -0.2) is 17.1 Å². The van der Waals surface area contributed by atoms with Crippen LogP contribution in [0.1, 0.15) is 22.9 Å². The van der Waals surface area contributed by atoms with Gasteiger partial charge in [0.1, 0.15) is 11.3 Å². The summed E-state index contributed by atoms with van der Waals surface area (Å²) in [5, 5.41) is 5.43. The van der Waals surface area contributed by atoms with Gasteiger partial charge >= 0.3 is 0 Å². The first kappa shape index (κ1) is 18.3. The van der Waals surface area contributed by atoms with E-state index in [1.165, 1.54) is 0 Å². The van der Waals surface area contributed by atoms with Crippen LogP contribution in [0.3, 0.4) is 0 Å². The molecule has 2 aromatic carbocycles. The lowest BCUT2D eigenvalue weighted by Crippen LogP contribution is -2.13. The number of nitrogens with one attached hydrogen (secondary N) is 1. The summed E-state index contributed by atoms with van der Waals surface area (Å²) in [6.45, 7) is 1.99. The number of methoxy groups -OCH3 is 1. The largest absolute Gasteiger partial charge is 0.494 e. The number of para-hydroxylation sites is 1. The number of pyridine rings is 2. The van der Waals surface area contributed by atoms with Gasteiger partial charge in [-0.2, -0.15) is 0 Å². The van der Waals surface area contributed by atoms with Crippen LogP contribution in [0, 0.1) is 6.92 Å². The summed E-state index contributed by atoms with van der Waals surface area (Å²) >= 11 is 6.10. The van der Waals surface area contributed by atoms with Crippen LogP contribution in [0.5, 0.6) is 5.75 Å². The van der Waals surface area contributed by atoms with Gasteiger partial charge in [0.15, 0.2) is 0 Å². The van der Waals surface area contributed by atoms with E-state index in [0.29, 0.717) is 5.02 Å². The number of anilines is 1. The number of ether oxygens (including phenoxy) is 1. The Kier molecular flexibility index (Phi) is 5.13. The van der Waals surface area contributed by atoms with E-state index in [2.05, 4.69) is 27.4 Å². The third-order valence-electron chi connectivity index (χ3n) is 4.69. The highest BCUT2D eigenvalue weighted by molar-refractivity contribution is 6.30. The van der Waals surface area contributed by atoms with Crippen LogP contribution in [-0.2, 0) is 0 Å². The van der Waals surface area contributed by atoms with Gasteiger partial charge in [-0.25, -0.2) is 4.98 Å². The van der Waals surface area contributed by atoms with Crippen LogP contribution in [0.4, 0.5) is 5.69 Å². The van der Waals surface area contributed by atoms with Gasteiger partial charge < -0.3 is 10.1 Å². The highest BCUT2D eigenvalue weighted by atomic mass is 35.5. The Bertz CT molecular complexity index is 1100. The lowest BCUT2D eigenvalue weighted by atomic mass is 9.98. The second-order valence-electron chi connectivity index (χ2n) is 6.58. The molecule has 0 saturated carbocycles. The molecule has 4 rings (SSSR count).